The third-order valence-electron chi connectivity index (χ3n) is 4.91. The van der Waals surface area contributed by atoms with Gasteiger partial charge in [0.25, 0.3) is 0 Å². The highest BCUT2D eigenvalue weighted by atomic mass is 15.3. The lowest BCUT2D eigenvalue weighted by Crippen LogP contribution is -2.47. The van der Waals surface area contributed by atoms with Gasteiger partial charge in [0.05, 0.1) is 0 Å². The number of rotatable bonds is 4. The zero-order valence-corrected chi connectivity index (χ0v) is 15.0. The quantitative estimate of drug-likeness (QED) is 0.911. The zero-order chi connectivity index (χ0) is 17.2. The summed E-state index contributed by atoms with van der Waals surface area (Å²) in [7, 11) is 0. The van der Waals surface area contributed by atoms with Crippen molar-refractivity contribution in [1.29, 1.82) is 0 Å². The largest absolute Gasteiger partial charge is 0.370 e. The SMILES string of the molecule is CCNc1cc(C)nc(N2CCN(c3ncnc4c3CCC4)CC2)n1. The molecule has 1 fully saturated rings. The van der Waals surface area contributed by atoms with Crippen LogP contribution in [-0.4, -0.2) is 52.7 Å². The third-order valence-corrected chi connectivity index (χ3v) is 4.91. The molecule has 0 aromatic carbocycles. The average Bonchev–Trinajstić information content (AvgIpc) is 3.10. The van der Waals surface area contributed by atoms with Crippen LogP contribution in [0.3, 0.4) is 0 Å². The van der Waals surface area contributed by atoms with Crippen LogP contribution in [0.15, 0.2) is 12.4 Å². The Morgan fingerprint density at radius 1 is 1.04 bits per heavy atom. The number of hydrogen-bond donors (Lipinski definition) is 1. The molecule has 2 aromatic rings. The monoisotopic (exact) mass is 339 g/mol. The summed E-state index contributed by atoms with van der Waals surface area (Å²) in [6.45, 7) is 8.67. The van der Waals surface area contributed by atoms with E-state index in [2.05, 4.69) is 42.0 Å². The van der Waals surface area contributed by atoms with Gasteiger partial charge in [-0.15, -0.1) is 0 Å². The topological polar surface area (TPSA) is 70.1 Å². The Hall–Kier alpha value is -2.44. The Morgan fingerprint density at radius 3 is 2.64 bits per heavy atom. The van der Waals surface area contributed by atoms with Crippen LogP contribution in [0.2, 0.25) is 0 Å². The van der Waals surface area contributed by atoms with E-state index in [0.717, 1.165) is 68.8 Å². The molecule has 2 aromatic heterocycles. The number of aromatic nitrogens is 4. The number of fused-ring (bicyclic) bond motifs is 1. The molecule has 0 amide bonds. The van der Waals surface area contributed by atoms with Gasteiger partial charge in [0, 0.05) is 55.7 Å². The molecule has 1 N–H and O–H groups in total. The fourth-order valence-corrected chi connectivity index (χ4v) is 3.70. The van der Waals surface area contributed by atoms with E-state index in [1.54, 1.807) is 6.33 Å². The Bertz CT molecular complexity index is 753. The van der Waals surface area contributed by atoms with Gasteiger partial charge in [-0.2, -0.15) is 4.98 Å². The molecule has 4 rings (SSSR count). The molecule has 1 saturated heterocycles. The van der Waals surface area contributed by atoms with E-state index in [0.29, 0.717) is 0 Å². The molecule has 1 aliphatic heterocycles. The van der Waals surface area contributed by atoms with Crippen molar-refractivity contribution in [3.05, 3.63) is 29.3 Å². The first-order chi connectivity index (χ1) is 12.2. The van der Waals surface area contributed by atoms with E-state index >= 15 is 0 Å². The van der Waals surface area contributed by atoms with Crippen molar-refractivity contribution in [2.75, 3.05) is 47.8 Å². The Labute approximate surface area is 148 Å². The van der Waals surface area contributed by atoms with E-state index in [9.17, 15) is 0 Å². The predicted octanol–water partition coefficient (Wildman–Crippen LogP) is 1.82. The minimum absolute atomic E-state index is 0.823. The minimum Gasteiger partial charge on any atom is -0.370 e. The fourth-order valence-electron chi connectivity index (χ4n) is 3.70. The second kappa shape index (κ2) is 6.82. The summed E-state index contributed by atoms with van der Waals surface area (Å²) in [5.41, 5.74) is 3.60. The van der Waals surface area contributed by atoms with Crippen LogP contribution in [0.1, 0.15) is 30.3 Å². The fraction of sp³-hybridized carbons (Fsp3) is 0.556. The number of aryl methyl sites for hydroxylation is 2. The third kappa shape index (κ3) is 3.23. The van der Waals surface area contributed by atoms with Gasteiger partial charge in [0.2, 0.25) is 5.95 Å². The smallest absolute Gasteiger partial charge is 0.227 e. The van der Waals surface area contributed by atoms with E-state index < -0.39 is 0 Å². The van der Waals surface area contributed by atoms with Gasteiger partial charge in [-0.25, -0.2) is 15.0 Å². The summed E-state index contributed by atoms with van der Waals surface area (Å²) < 4.78 is 0. The number of hydrogen-bond acceptors (Lipinski definition) is 7. The molecule has 0 saturated carbocycles. The van der Waals surface area contributed by atoms with Crippen LogP contribution in [0.25, 0.3) is 0 Å². The average molecular weight is 339 g/mol. The molecule has 0 spiro atoms. The van der Waals surface area contributed by atoms with Crippen molar-refractivity contribution in [1.82, 2.24) is 19.9 Å². The van der Waals surface area contributed by atoms with Gasteiger partial charge in [-0.3, -0.25) is 0 Å². The van der Waals surface area contributed by atoms with Gasteiger partial charge in [0.15, 0.2) is 0 Å². The molecule has 132 valence electrons. The summed E-state index contributed by atoms with van der Waals surface area (Å²) in [6, 6.07) is 1.99. The number of nitrogens with one attached hydrogen (secondary N) is 1. The molecule has 1 aliphatic carbocycles. The molecule has 7 heteroatoms. The van der Waals surface area contributed by atoms with Gasteiger partial charge in [0.1, 0.15) is 18.0 Å². The van der Waals surface area contributed by atoms with Crippen LogP contribution in [0, 0.1) is 6.92 Å². The molecule has 3 heterocycles. The van der Waals surface area contributed by atoms with Crippen molar-refractivity contribution >= 4 is 17.6 Å². The van der Waals surface area contributed by atoms with Crippen LogP contribution in [0.4, 0.5) is 17.6 Å². The van der Waals surface area contributed by atoms with Gasteiger partial charge in [-0.05, 0) is 33.1 Å². The maximum absolute atomic E-state index is 4.66. The summed E-state index contributed by atoms with van der Waals surface area (Å²) in [5, 5.41) is 3.29. The highest BCUT2D eigenvalue weighted by molar-refractivity contribution is 5.52. The molecular weight excluding hydrogens is 314 g/mol. The lowest BCUT2D eigenvalue weighted by atomic mass is 10.2. The van der Waals surface area contributed by atoms with E-state index in [1.165, 1.54) is 17.7 Å². The number of nitrogens with zero attached hydrogens (tertiary/aromatic N) is 6. The van der Waals surface area contributed by atoms with Crippen LogP contribution >= 0.6 is 0 Å². The summed E-state index contributed by atoms with van der Waals surface area (Å²) >= 11 is 0. The second-order valence-electron chi connectivity index (χ2n) is 6.68. The molecule has 0 unspecified atom stereocenters. The first-order valence-corrected chi connectivity index (χ1v) is 9.17. The highest BCUT2D eigenvalue weighted by Gasteiger charge is 2.25. The molecular formula is C18H25N7. The normalized spacial score (nSPS) is 16.9. The van der Waals surface area contributed by atoms with E-state index in [1.807, 2.05) is 13.0 Å². The van der Waals surface area contributed by atoms with E-state index in [-0.39, 0.29) is 0 Å². The minimum atomic E-state index is 0.823. The highest BCUT2D eigenvalue weighted by Crippen LogP contribution is 2.28. The van der Waals surface area contributed by atoms with Crippen molar-refractivity contribution < 1.29 is 0 Å². The van der Waals surface area contributed by atoms with Gasteiger partial charge >= 0.3 is 0 Å². The molecule has 25 heavy (non-hydrogen) atoms. The van der Waals surface area contributed by atoms with Crippen LogP contribution < -0.4 is 15.1 Å². The first kappa shape index (κ1) is 16.1. The lowest BCUT2D eigenvalue weighted by Gasteiger charge is -2.36. The maximum atomic E-state index is 4.66. The number of piperazine rings is 1. The Morgan fingerprint density at radius 2 is 1.84 bits per heavy atom. The Balaban J connectivity index is 1.48. The molecule has 7 nitrogen and oxygen atoms in total. The Kier molecular flexibility index (Phi) is 4.38. The van der Waals surface area contributed by atoms with Crippen LogP contribution in [-0.2, 0) is 12.8 Å². The summed E-state index contributed by atoms with van der Waals surface area (Å²) in [5.74, 6) is 2.87. The molecule has 2 aliphatic rings. The lowest BCUT2D eigenvalue weighted by molar-refractivity contribution is 0.631. The van der Waals surface area contributed by atoms with Crippen molar-refractivity contribution in [2.24, 2.45) is 0 Å². The number of anilines is 3. The summed E-state index contributed by atoms with van der Waals surface area (Å²) in [6.07, 6.45) is 5.12. The van der Waals surface area contributed by atoms with Gasteiger partial charge in [-0.1, -0.05) is 0 Å². The second-order valence-corrected chi connectivity index (χ2v) is 6.68. The molecule has 0 bridgehead atoms. The van der Waals surface area contributed by atoms with Crippen molar-refractivity contribution in [2.45, 2.75) is 33.1 Å². The van der Waals surface area contributed by atoms with E-state index in [4.69, 9.17) is 0 Å². The van der Waals surface area contributed by atoms with Crippen molar-refractivity contribution in [3.8, 4) is 0 Å². The van der Waals surface area contributed by atoms with Crippen molar-refractivity contribution in [3.63, 3.8) is 0 Å². The standard InChI is InChI=1S/C18H25N7/c1-3-19-16-11-13(2)22-18(23-16)25-9-7-24(8-10-25)17-14-5-4-6-15(14)20-12-21-17/h11-12H,3-10H2,1-2H3,(H,19,22,23). The zero-order valence-electron chi connectivity index (χ0n) is 15.0. The summed E-state index contributed by atoms with van der Waals surface area (Å²) in [4.78, 5) is 23.0. The molecule has 0 radical (unpaired) electrons. The maximum Gasteiger partial charge on any atom is 0.227 e. The van der Waals surface area contributed by atoms with Gasteiger partial charge < -0.3 is 15.1 Å². The predicted molar refractivity (Wildman–Crippen MR) is 99.4 cm³/mol. The molecule has 0 atom stereocenters. The van der Waals surface area contributed by atoms with Crippen LogP contribution in [0.5, 0.6) is 0 Å². The first-order valence-electron chi connectivity index (χ1n) is 9.17.